The normalized spacial score (nSPS) is 19.6. The van der Waals surface area contributed by atoms with Crippen LogP contribution in [0.1, 0.15) is 23.7 Å². The Bertz CT molecular complexity index is 756. The summed E-state index contributed by atoms with van der Waals surface area (Å²) in [5.41, 5.74) is -0.186. The van der Waals surface area contributed by atoms with Crippen molar-refractivity contribution < 1.29 is 19.2 Å². The average Bonchev–Trinajstić information content (AvgIpc) is 2.53. The number of fused-ring (bicyclic) bond motifs is 1. The molecule has 0 aromatic heterocycles. The molecule has 1 heterocycles. The number of nitro benzene ring substituents is 1. The van der Waals surface area contributed by atoms with Gasteiger partial charge in [0.2, 0.25) is 0 Å². The number of nitro groups is 1. The number of ketones is 1. The molecule has 2 aromatic rings. The van der Waals surface area contributed by atoms with E-state index < -0.39 is 10.5 Å². The van der Waals surface area contributed by atoms with Crippen molar-refractivity contribution in [2.24, 2.45) is 0 Å². The van der Waals surface area contributed by atoms with Crippen LogP contribution in [-0.2, 0) is 0 Å². The molecule has 0 N–H and O–H groups in total. The third-order valence-electron chi connectivity index (χ3n) is 3.67. The highest BCUT2D eigenvalue weighted by Crippen LogP contribution is 2.33. The van der Waals surface area contributed by atoms with Crippen molar-refractivity contribution >= 4 is 11.5 Å². The zero-order valence-electron chi connectivity index (χ0n) is 12.5. The van der Waals surface area contributed by atoms with Gasteiger partial charge in [-0.15, -0.1) is 0 Å². The predicted molar refractivity (Wildman–Crippen MR) is 83.0 cm³/mol. The quantitative estimate of drug-likeness (QED) is 0.638. The van der Waals surface area contributed by atoms with E-state index in [4.69, 9.17) is 9.47 Å². The highest BCUT2D eigenvalue weighted by molar-refractivity contribution is 6.00. The van der Waals surface area contributed by atoms with E-state index in [9.17, 15) is 14.9 Å². The zero-order chi connectivity index (χ0) is 16.4. The molecule has 6 heteroatoms. The monoisotopic (exact) mass is 313 g/mol. The maximum absolute atomic E-state index is 12.2. The molecule has 0 fully saturated rings. The van der Waals surface area contributed by atoms with Crippen LogP contribution in [0.2, 0.25) is 0 Å². The molecule has 6 nitrogen and oxygen atoms in total. The fraction of sp³-hybridized carbons (Fsp3) is 0.235. The second-order valence-electron chi connectivity index (χ2n) is 5.69. The van der Waals surface area contributed by atoms with E-state index in [-0.39, 0.29) is 24.5 Å². The third-order valence-corrected chi connectivity index (χ3v) is 3.67. The van der Waals surface area contributed by atoms with Crippen LogP contribution in [0.25, 0.3) is 0 Å². The van der Waals surface area contributed by atoms with Gasteiger partial charge in [0.15, 0.2) is 5.78 Å². The number of Topliss-reactive ketones (excluding diaryl/α,β-unsaturated/α-hetero) is 1. The van der Waals surface area contributed by atoms with Crippen molar-refractivity contribution in [3.8, 4) is 11.5 Å². The Morgan fingerprint density at radius 3 is 2.61 bits per heavy atom. The van der Waals surface area contributed by atoms with Gasteiger partial charge in [0, 0.05) is 12.1 Å². The number of non-ortho nitro benzene ring substituents is 1. The summed E-state index contributed by atoms with van der Waals surface area (Å²) in [6.07, 6.45) is 0.219. The molecule has 1 aliphatic heterocycles. The molecule has 0 bridgehead atoms. The number of hydrogen-bond donors (Lipinski definition) is 0. The Labute approximate surface area is 132 Å². The minimum atomic E-state index is -0.771. The van der Waals surface area contributed by atoms with Crippen molar-refractivity contribution in [1.82, 2.24) is 0 Å². The number of carbonyl (C=O) groups excluding carboxylic acids is 1. The molecule has 0 saturated heterocycles. The molecule has 23 heavy (non-hydrogen) atoms. The Kier molecular flexibility index (Phi) is 3.73. The molecule has 1 aliphatic rings. The van der Waals surface area contributed by atoms with E-state index in [1.54, 1.807) is 18.2 Å². The van der Waals surface area contributed by atoms with Crippen LogP contribution in [-0.4, -0.2) is 22.9 Å². The average molecular weight is 313 g/mol. The van der Waals surface area contributed by atoms with Gasteiger partial charge in [0.1, 0.15) is 23.7 Å². The Balaban J connectivity index is 1.70. The predicted octanol–water partition coefficient (Wildman–Crippen LogP) is 3.40. The highest BCUT2D eigenvalue weighted by Gasteiger charge is 2.37. The Morgan fingerprint density at radius 1 is 1.22 bits per heavy atom. The zero-order valence-corrected chi connectivity index (χ0v) is 12.5. The number of carbonyl (C=O) groups is 1. The van der Waals surface area contributed by atoms with Crippen LogP contribution in [0.15, 0.2) is 48.5 Å². The Morgan fingerprint density at radius 2 is 1.91 bits per heavy atom. The van der Waals surface area contributed by atoms with Crippen molar-refractivity contribution in [3.05, 3.63) is 64.2 Å². The number of rotatable bonds is 4. The standard InChI is InChI=1S/C17H15NO5/c1-17(10-15(19)14-4-2-3-5-16(14)23-17)11-22-13-8-6-12(7-9-13)18(20)21/h2-9H,10-11H2,1H3. The van der Waals surface area contributed by atoms with Crippen LogP contribution >= 0.6 is 0 Å². The second-order valence-corrected chi connectivity index (χ2v) is 5.69. The van der Waals surface area contributed by atoms with Gasteiger partial charge in [-0.2, -0.15) is 0 Å². The third kappa shape index (κ3) is 3.15. The molecular formula is C17H15NO5. The SMILES string of the molecule is CC1(COc2ccc([N+](=O)[O-])cc2)CC(=O)c2ccccc2O1. The molecule has 118 valence electrons. The first-order chi connectivity index (χ1) is 11.0. The van der Waals surface area contributed by atoms with Crippen molar-refractivity contribution in [3.63, 3.8) is 0 Å². The van der Waals surface area contributed by atoms with Gasteiger partial charge < -0.3 is 9.47 Å². The number of ether oxygens (including phenoxy) is 2. The van der Waals surface area contributed by atoms with Crippen molar-refractivity contribution in [1.29, 1.82) is 0 Å². The summed E-state index contributed by atoms with van der Waals surface area (Å²) in [4.78, 5) is 22.4. The van der Waals surface area contributed by atoms with Crippen LogP contribution in [0.3, 0.4) is 0 Å². The second kappa shape index (κ2) is 5.72. The summed E-state index contributed by atoms with van der Waals surface area (Å²) in [6.45, 7) is 1.98. The summed E-state index contributed by atoms with van der Waals surface area (Å²) in [6, 6.07) is 12.9. The first-order valence-corrected chi connectivity index (χ1v) is 7.15. The minimum Gasteiger partial charge on any atom is -0.489 e. The van der Waals surface area contributed by atoms with E-state index in [0.717, 1.165) is 0 Å². The van der Waals surface area contributed by atoms with Crippen molar-refractivity contribution in [2.75, 3.05) is 6.61 Å². The summed E-state index contributed by atoms with van der Waals surface area (Å²) < 4.78 is 11.6. The molecule has 1 atom stereocenters. The fourth-order valence-electron chi connectivity index (χ4n) is 2.50. The lowest BCUT2D eigenvalue weighted by Crippen LogP contribution is -2.44. The summed E-state index contributed by atoms with van der Waals surface area (Å²) in [5, 5.41) is 10.6. The van der Waals surface area contributed by atoms with Crippen LogP contribution < -0.4 is 9.47 Å². The first-order valence-electron chi connectivity index (χ1n) is 7.15. The van der Waals surface area contributed by atoms with Crippen LogP contribution in [0, 0.1) is 10.1 Å². The summed E-state index contributed by atoms with van der Waals surface area (Å²) in [7, 11) is 0. The van der Waals surface area contributed by atoms with Gasteiger partial charge in [-0.1, -0.05) is 12.1 Å². The van der Waals surface area contributed by atoms with Gasteiger partial charge >= 0.3 is 0 Å². The van der Waals surface area contributed by atoms with Crippen molar-refractivity contribution in [2.45, 2.75) is 18.9 Å². The minimum absolute atomic E-state index is 0.00147. The molecule has 3 rings (SSSR count). The van der Waals surface area contributed by atoms with Gasteiger partial charge in [-0.05, 0) is 31.2 Å². The van der Waals surface area contributed by atoms with Gasteiger partial charge in [-0.25, -0.2) is 0 Å². The van der Waals surface area contributed by atoms with E-state index in [2.05, 4.69) is 0 Å². The molecule has 0 amide bonds. The molecule has 1 unspecified atom stereocenters. The summed E-state index contributed by atoms with van der Waals surface area (Å²) in [5.74, 6) is 1.06. The highest BCUT2D eigenvalue weighted by atomic mass is 16.6. The van der Waals surface area contributed by atoms with Crippen LogP contribution in [0.4, 0.5) is 5.69 Å². The molecular weight excluding hydrogens is 298 g/mol. The van der Waals surface area contributed by atoms with E-state index in [0.29, 0.717) is 17.1 Å². The maximum Gasteiger partial charge on any atom is 0.269 e. The smallest absolute Gasteiger partial charge is 0.269 e. The first kappa shape index (κ1) is 15.0. The molecule has 0 aliphatic carbocycles. The number of hydrogen-bond acceptors (Lipinski definition) is 5. The summed E-state index contributed by atoms with van der Waals surface area (Å²) >= 11 is 0. The van der Waals surface area contributed by atoms with E-state index in [1.165, 1.54) is 24.3 Å². The van der Waals surface area contributed by atoms with E-state index in [1.807, 2.05) is 13.0 Å². The lowest BCUT2D eigenvalue weighted by atomic mass is 9.92. The molecule has 0 radical (unpaired) electrons. The largest absolute Gasteiger partial charge is 0.489 e. The molecule has 0 spiro atoms. The topological polar surface area (TPSA) is 78.7 Å². The lowest BCUT2D eigenvalue weighted by molar-refractivity contribution is -0.384. The van der Waals surface area contributed by atoms with Gasteiger partial charge in [0.05, 0.1) is 16.9 Å². The van der Waals surface area contributed by atoms with E-state index >= 15 is 0 Å². The number of nitrogens with zero attached hydrogens (tertiary/aromatic N) is 1. The van der Waals surface area contributed by atoms with Gasteiger partial charge in [0.25, 0.3) is 5.69 Å². The fourth-order valence-corrected chi connectivity index (χ4v) is 2.50. The number of para-hydroxylation sites is 1. The number of benzene rings is 2. The molecule has 0 saturated carbocycles. The van der Waals surface area contributed by atoms with Crippen LogP contribution in [0.5, 0.6) is 11.5 Å². The maximum atomic E-state index is 12.2. The Hall–Kier alpha value is -2.89. The molecule has 2 aromatic carbocycles. The van der Waals surface area contributed by atoms with Gasteiger partial charge in [-0.3, -0.25) is 14.9 Å². The lowest BCUT2D eigenvalue weighted by Gasteiger charge is -2.34.